The fraction of sp³-hybridized carbons (Fsp3) is 0.429. The van der Waals surface area contributed by atoms with E-state index in [0.29, 0.717) is 17.3 Å². The molecule has 1 atom stereocenters. The molecule has 3 aromatic heterocycles. The van der Waals surface area contributed by atoms with Crippen LogP contribution in [0.15, 0.2) is 40.1 Å². The van der Waals surface area contributed by atoms with Crippen molar-refractivity contribution in [3.63, 3.8) is 0 Å². The third-order valence-electron chi connectivity index (χ3n) is 8.95. The molecule has 0 spiro atoms. The zero-order valence-electron chi connectivity index (χ0n) is 28.8. The monoisotopic (exact) mass is 732 g/mol. The maximum absolute atomic E-state index is 15.5. The van der Waals surface area contributed by atoms with Gasteiger partial charge in [-0.05, 0) is 63.4 Å². The maximum Gasteiger partial charge on any atom is 0.431 e. The standard InChI is InChI=1S/C35H37ClF4N6O5/c1-17(2)25-26(18(3)9-11-42-25)46-28-20(15-23(35(38,39)40)45(31(28)47)29-22(37)8-7-21(36)24(29)41)27-30(32(46)48)50-14-10-19-16-43(12-13-44(19)27)33(49)51-34(4,5)6/h7-9,11,15,17,19H,10,12-14,16,41H2,1-6H3. The van der Waals surface area contributed by atoms with E-state index >= 15 is 17.6 Å². The molecule has 1 fully saturated rings. The summed E-state index contributed by atoms with van der Waals surface area (Å²) in [6.07, 6.45) is -3.98. The van der Waals surface area contributed by atoms with Gasteiger partial charge in [-0.3, -0.25) is 23.7 Å². The van der Waals surface area contributed by atoms with Crippen LogP contribution in [-0.4, -0.2) is 63.0 Å². The van der Waals surface area contributed by atoms with Gasteiger partial charge in [0.2, 0.25) is 5.75 Å². The molecule has 0 saturated carbocycles. The Morgan fingerprint density at radius 1 is 1.06 bits per heavy atom. The van der Waals surface area contributed by atoms with Gasteiger partial charge in [-0.1, -0.05) is 25.4 Å². The Morgan fingerprint density at radius 2 is 1.76 bits per heavy atom. The number of nitrogens with two attached hydrogens (primary N) is 1. The number of alkyl halides is 3. The molecule has 0 bridgehead atoms. The van der Waals surface area contributed by atoms with Crippen LogP contribution in [0.3, 0.4) is 0 Å². The molecule has 1 unspecified atom stereocenters. The largest absolute Gasteiger partial charge is 0.486 e. The summed E-state index contributed by atoms with van der Waals surface area (Å²) >= 11 is 6.15. The third kappa shape index (κ3) is 6.25. The summed E-state index contributed by atoms with van der Waals surface area (Å²) in [7, 11) is 0. The number of hydrogen-bond acceptors (Lipinski definition) is 8. The number of rotatable bonds is 3. The number of nitrogens with zero attached hydrogens (tertiary/aromatic N) is 5. The minimum Gasteiger partial charge on any atom is -0.486 e. The minimum atomic E-state index is -5.23. The number of ether oxygens (including phenoxy) is 2. The number of pyridine rings is 3. The van der Waals surface area contributed by atoms with Crippen molar-refractivity contribution >= 4 is 40.0 Å². The number of benzene rings is 1. The minimum absolute atomic E-state index is 0.0203. The van der Waals surface area contributed by atoms with Crippen LogP contribution in [-0.2, 0) is 10.9 Å². The molecule has 2 N–H and O–H groups in total. The number of aryl methyl sites for hydroxylation is 1. The SMILES string of the molecule is Cc1ccnc(C(C)C)c1-n1c(=O)c2c(c3cc(C(F)(F)F)n(-c4c(F)ccc(Cl)c4N)c(=O)c31)N1CCN(C(=O)OC(C)(C)C)CC1CCO2. The van der Waals surface area contributed by atoms with Gasteiger partial charge in [0.15, 0.2) is 0 Å². The summed E-state index contributed by atoms with van der Waals surface area (Å²) in [6.45, 7) is 10.8. The summed E-state index contributed by atoms with van der Waals surface area (Å²) < 4.78 is 73.7. The number of piperazine rings is 1. The molecule has 272 valence electrons. The van der Waals surface area contributed by atoms with Gasteiger partial charge in [0.1, 0.15) is 28.3 Å². The van der Waals surface area contributed by atoms with Crippen LogP contribution in [0.25, 0.3) is 22.3 Å². The molecule has 1 amide bonds. The summed E-state index contributed by atoms with van der Waals surface area (Å²) in [4.78, 5) is 50.3. The van der Waals surface area contributed by atoms with E-state index in [2.05, 4.69) is 4.98 Å². The van der Waals surface area contributed by atoms with Crippen molar-refractivity contribution in [2.45, 2.75) is 71.7 Å². The second-order valence-electron chi connectivity index (χ2n) is 14.0. The van der Waals surface area contributed by atoms with Crippen molar-refractivity contribution in [2.75, 3.05) is 36.9 Å². The van der Waals surface area contributed by atoms with Crippen LogP contribution < -0.4 is 26.5 Å². The van der Waals surface area contributed by atoms with E-state index < -0.39 is 63.4 Å². The lowest BCUT2D eigenvalue weighted by Crippen LogP contribution is -2.55. The highest BCUT2D eigenvalue weighted by Crippen LogP contribution is 2.43. The molecule has 16 heteroatoms. The Labute approximate surface area is 295 Å². The highest BCUT2D eigenvalue weighted by molar-refractivity contribution is 6.33. The Bertz CT molecular complexity index is 2190. The summed E-state index contributed by atoms with van der Waals surface area (Å²) in [5.74, 6) is -1.81. The molecule has 1 saturated heterocycles. The topological polar surface area (TPSA) is 125 Å². The molecular weight excluding hydrogens is 696 g/mol. The average molecular weight is 733 g/mol. The van der Waals surface area contributed by atoms with Crippen molar-refractivity contribution < 1.29 is 31.8 Å². The van der Waals surface area contributed by atoms with E-state index in [0.717, 1.165) is 16.7 Å². The average Bonchev–Trinajstić information content (AvgIpc) is 3.23. The van der Waals surface area contributed by atoms with Crippen molar-refractivity contribution in [3.05, 3.63) is 79.0 Å². The van der Waals surface area contributed by atoms with Crippen LogP contribution in [0.4, 0.5) is 33.7 Å². The van der Waals surface area contributed by atoms with E-state index in [-0.39, 0.29) is 70.7 Å². The summed E-state index contributed by atoms with van der Waals surface area (Å²) in [5.41, 5.74) is 0.537. The van der Waals surface area contributed by atoms with E-state index in [9.17, 15) is 14.4 Å². The molecule has 1 aromatic carbocycles. The van der Waals surface area contributed by atoms with Crippen LogP contribution >= 0.6 is 11.6 Å². The second-order valence-corrected chi connectivity index (χ2v) is 14.4. The van der Waals surface area contributed by atoms with E-state index in [1.807, 2.05) is 13.8 Å². The summed E-state index contributed by atoms with van der Waals surface area (Å²) in [5, 5.41) is -0.551. The Balaban J connectivity index is 1.75. The summed E-state index contributed by atoms with van der Waals surface area (Å²) in [6, 6.07) is 3.65. The molecule has 5 heterocycles. The van der Waals surface area contributed by atoms with Crippen molar-refractivity contribution in [1.29, 1.82) is 0 Å². The van der Waals surface area contributed by atoms with Gasteiger partial charge in [-0.2, -0.15) is 13.2 Å². The molecule has 51 heavy (non-hydrogen) atoms. The zero-order valence-corrected chi connectivity index (χ0v) is 29.6. The van der Waals surface area contributed by atoms with Gasteiger partial charge in [0.25, 0.3) is 11.1 Å². The Hall–Kier alpha value is -4.79. The molecule has 6 rings (SSSR count). The normalized spacial score (nSPS) is 16.5. The fourth-order valence-electron chi connectivity index (χ4n) is 6.74. The van der Waals surface area contributed by atoms with Gasteiger partial charge >= 0.3 is 12.3 Å². The zero-order chi connectivity index (χ0) is 37.3. The highest BCUT2D eigenvalue weighted by Gasteiger charge is 2.42. The molecule has 0 radical (unpaired) electrons. The second kappa shape index (κ2) is 12.8. The number of hydrogen-bond donors (Lipinski definition) is 1. The molecule has 2 aliphatic heterocycles. The number of fused-ring (bicyclic) bond motifs is 5. The highest BCUT2D eigenvalue weighted by atomic mass is 35.5. The lowest BCUT2D eigenvalue weighted by Gasteiger charge is -2.42. The van der Waals surface area contributed by atoms with Gasteiger partial charge < -0.3 is 25.0 Å². The first-order chi connectivity index (χ1) is 23.8. The van der Waals surface area contributed by atoms with E-state index in [4.69, 9.17) is 26.8 Å². The van der Waals surface area contributed by atoms with Gasteiger partial charge in [0, 0.05) is 37.6 Å². The number of amides is 1. The fourth-order valence-corrected chi connectivity index (χ4v) is 6.89. The van der Waals surface area contributed by atoms with E-state index in [1.54, 1.807) is 38.7 Å². The maximum atomic E-state index is 15.5. The van der Waals surface area contributed by atoms with Gasteiger partial charge in [-0.25, -0.2) is 9.18 Å². The third-order valence-corrected chi connectivity index (χ3v) is 9.28. The van der Waals surface area contributed by atoms with Gasteiger partial charge in [0.05, 0.1) is 40.4 Å². The van der Waals surface area contributed by atoms with Crippen molar-refractivity contribution in [2.24, 2.45) is 0 Å². The number of carbonyl (C=O) groups excluding carboxylic acids is 1. The predicted molar refractivity (Wildman–Crippen MR) is 185 cm³/mol. The van der Waals surface area contributed by atoms with Crippen LogP contribution in [0.1, 0.15) is 63.9 Å². The molecule has 11 nitrogen and oxygen atoms in total. The number of carbonyl (C=O) groups is 1. The Kier molecular flexibility index (Phi) is 9.01. The van der Waals surface area contributed by atoms with Crippen LogP contribution in [0, 0.1) is 12.7 Å². The van der Waals surface area contributed by atoms with E-state index in [1.165, 1.54) is 11.1 Å². The molecule has 4 aromatic rings. The molecule has 0 aliphatic carbocycles. The predicted octanol–water partition coefficient (Wildman–Crippen LogP) is 6.57. The van der Waals surface area contributed by atoms with Gasteiger partial charge in [-0.15, -0.1) is 0 Å². The lowest BCUT2D eigenvalue weighted by molar-refractivity contribution is -0.142. The first kappa shape index (κ1) is 36.0. The molecular formula is C35H37ClF4N6O5. The number of anilines is 2. The quantitative estimate of drug-likeness (QED) is 0.185. The number of aromatic nitrogens is 3. The Morgan fingerprint density at radius 3 is 2.41 bits per heavy atom. The smallest absolute Gasteiger partial charge is 0.431 e. The number of halogens is 5. The van der Waals surface area contributed by atoms with Crippen LogP contribution in [0.5, 0.6) is 5.75 Å². The van der Waals surface area contributed by atoms with Crippen molar-refractivity contribution in [1.82, 2.24) is 19.0 Å². The number of nitrogen functional groups attached to an aromatic ring is 1. The lowest BCUT2D eigenvalue weighted by atomic mass is 10.0. The first-order valence-corrected chi connectivity index (χ1v) is 16.7. The van der Waals surface area contributed by atoms with Crippen LogP contribution in [0.2, 0.25) is 5.02 Å². The first-order valence-electron chi connectivity index (χ1n) is 16.3. The van der Waals surface area contributed by atoms with Crippen molar-refractivity contribution in [3.8, 4) is 17.1 Å². The molecule has 2 aliphatic rings.